The predicted molar refractivity (Wildman–Crippen MR) is 143 cm³/mol. The van der Waals surface area contributed by atoms with Crippen LogP contribution in [0.5, 0.6) is 0 Å². The van der Waals surface area contributed by atoms with Crippen molar-refractivity contribution >= 4 is 23.6 Å². The minimum Gasteiger partial charge on any atom is -0.370 e. The average Bonchev–Trinajstić information content (AvgIpc) is 3.14. The average molecular weight is 503 g/mol. The van der Waals surface area contributed by atoms with E-state index >= 15 is 0 Å². The zero-order valence-electron chi connectivity index (χ0n) is 21.8. The molecule has 1 aliphatic heterocycles. The zero-order chi connectivity index (χ0) is 26.6. The van der Waals surface area contributed by atoms with Gasteiger partial charge in [-0.25, -0.2) is 0 Å². The fraction of sp³-hybridized carbons (Fsp3) is 0.643. The van der Waals surface area contributed by atoms with Gasteiger partial charge in [-0.3, -0.25) is 19.2 Å². The normalized spacial score (nSPS) is 13.3. The van der Waals surface area contributed by atoms with E-state index in [1.807, 2.05) is 0 Å². The molecule has 0 aliphatic carbocycles. The molecule has 0 spiro atoms. The Morgan fingerprint density at radius 3 is 1.28 bits per heavy atom. The number of likely N-dealkylation sites (tertiary alicyclic amines) is 1. The number of carbonyl (C=O) groups is 4. The van der Waals surface area contributed by atoms with Crippen LogP contribution < -0.4 is 17.2 Å². The van der Waals surface area contributed by atoms with Crippen molar-refractivity contribution in [3.05, 3.63) is 35.4 Å². The number of carbonyl (C=O) groups excluding carboxylic acids is 4. The van der Waals surface area contributed by atoms with Gasteiger partial charge in [0.25, 0.3) is 0 Å². The quantitative estimate of drug-likeness (QED) is 0.304. The molecule has 1 heterocycles. The van der Waals surface area contributed by atoms with E-state index in [1.165, 1.54) is 94.9 Å². The van der Waals surface area contributed by atoms with Crippen LogP contribution in [0.25, 0.3) is 0 Å². The number of primary amides is 3. The van der Waals surface area contributed by atoms with Gasteiger partial charge in [-0.2, -0.15) is 0 Å². The van der Waals surface area contributed by atoms with E-state index in [4.69, 9.17) is 17.2 Å². The van der Waals surface area contributed by atoms with E-state index in [1.54, 1.807) is 0 Å². The molecule has 0 bridgehead atoms. The van der Waals surface area contributed by atoms with E-state index in [2.05, 4.69) is 4.90 Å². The summed E-state index contributed by atoms with van der Waals surface area (Å²) in [6, 6.07) is 5.84. The highest BCUT2D eigenvalue weighted by Gasteiger charge is 2.14. The Kier molecular flexibility index (Phi) is 16.7. The number of amides is 4. The molecule has 1 aliphatic rings. The fourth-order valence-electron chi connectivity index (χ4n) is 4.27. The maximum atomic E-state index is 12.2. The van der Waals surface area contributed by atoms with Crippen molar-refractivity contribution in [3.63, 3.8) is 0 Å². The molecule has 1 saturated heterocycles. The van der Waals surface area contributed by atoms with Gasteiger partial charge in [-0.05, 0) is 49.9 Å². The molecule has 2 rings (SSSR count). The van der Waals surface area contributed by atoms with Gasteiger partial charge < -0.3 is 22.1 Å². The summed E-state index contributed by atoms with van der Waals surface area (Å²) in [5.74, 6) is -0.839. The van der Waals surface area contributed by atoms with Crippen LogP contribution in [0.15, 0.2) is 24.3 Å². The topological polar surface area (TPSA) is 150 Å². The molecule has 0 aromatic heterocycles. The fourth-order valence-corrected chi connectivity index (χ4v) is 4.27. The third-order valence-electron chi connectivity index (χ3n) is 6.48. The summed E-state index contributed by atoms with van der Waals surface area (Å²) in [5.41, 5.74) is 15.8. The van der Waals surface area contributed by atoms with Crippen LogP contribution in [-0.4, -0.2) is 41.6 Å². The molecule has 1 aromatic carbocycles. The lowest BCUT2D eigenvalue weighted by Crippen LogP contribution is -2.31. The monoisotopic (exact) mass is 502 g/mol. The summed E-state index contributed by atoms with van der Waals surface area (Å²) in [4.78, 5) is 46.0. The molecule has 6 N–H and O–H groups in total. The Hall–Kier alpha value is -2.90. The summed E-state index contributed by atoms with van der Waals surface area (Å²) in [6.07, 6.45) is 18.2. The number of unbranched alkanes of at least 4 members (excludes halogenated alkanes) is 9. The van der Waals surface area contributed by atoms with E-state index in [0.717, 1.165) is 38.8 Å². The molecule has 0 unspecified atom stereocenters. The maximum absolute atomic E-state index is 12.2. The van der Waals surface area contributed by atoms with Crippen molar-refractivity contribution in [1.29, 1.82) is 0 Å². The molecule has 0 radical (unpaired) electrons. The highest BCUT2D eigenvalue weighted by Crippen LogP contribution is 2.14. The maximum Gasteiger partial charge on any atom is 0.248 e. The van der Waals surface area contributed by atoms with Gasteiger partial charge >= 0.3 is 0 Å². The van der Waals surface area contributed by atoms with Gasteiger partial charge in [0.2, 0.25) is 23.6 Å². The second-order valence-corrected chi connectivity index (χ2v) is 9.60. The van der Waals surface area contributed by atoms with Crippen molar-refractivity contribution in [1.82, 2.24) is 4.90 Å². The van der Waals surface area contributed by atoms with Gasteiger partial charge in [0.1, 0.15) is 0 Å². The first-order chi connectivity index (χ1) is 17.3. The first kappa shape index (κ1) is 31.1. The first-order valence-electron chi connectivity index (χ1n) is 13.6. The van der Waals surface area contributed by atoms with Crippen molar-refractivity contribution in [2.45, 2.75) is 103 Å². The van der Waals surface area contributed by atoms with Crippen LogP contribution >= 0.6 is 0 Å². The molecule has 8 heteroatoms. The molecule has 8 nitrogen and oxygen atoms in total. The lowest BCUT2D eigenvalue weighted by atomic mass is 10.0. The number of benzene rings is 1. The molecule has 1 fully saturated rings. The summed E-state index contributed by atoms with van der Waals surface area (Å²) >= 11 is 0. The molecule has 202 valence electrons. The summed E-state index contributed by atoms with van der Waals surface area (Å²) < 4.78 is 0. The summed E-state index contributed by atoms with van der Waals surface area (Å²) in [5, 5.41) is 0. The van der Waals surface area contributed by atoms with Crippen molar-refractivity contribution in [3.8, 4) is 0 Å². The van der Waals surface area contributed by atoms with E-state index < -0.39 is 11.8 Å². The third kappa shape index (κ3) is 15.2. The van der Waals surface area contributed by atoms with Crippen LogP contribution in [0.2, 0.25) is 0 Å². The highest BCUT2D eigenvalue weighted by atomic mass is 16.2. The van der Waals surface area contributed by atoms with Gasteiger partial charge in [0.15, 0.2) is 0 Å². The number of nitrogens with two attached hydrogens (primary N) is 3. The molecular weight excluding hydrogens is 456 g/mol. The van der Waals surface area contributed by atoms with Gasteiger partial charge in [-0.15, -0.1) is 0 Å². The summed E-state index contributed by atoms with van der Waals surface area (Å²) in [6.45, 7) is 1.97. The molecule has 4 amide bonds. The molecular formula is C28H46N4O4. The predicted octanol–water partition coefficient (Wildman–Crippen LogP) is 4.44. The van der Waals surface area contributed by atoms with Gasteiger partial charge in [0.05, 0.1) is 0 Å². The minimum atomic E-state index is -0.522. The number of hydrogen-bond acceptors (Lipinski definition) is 4. The van der Waals surface area contributed by atoms with Crippen molar-refractivity contribution in [2.24, 2.45) is 17.2 Å². The Morgan fingerprint density at radius 2 is 0.917 bits per heavy atom. The van der Waals surface area contributed by atoms with Crippen LogP contribution in [0, 0.1) is 0 Å². The third-order valence-corrected chi connectivity index (χ3v) is 6.48. The minimum absolute atomic E-state index is 0.177. The Balaban J connectivity index is 0.000000450. The van der Waals surface area contributed by atoms with Crippen molar-refractivity contribution < 1.29 is 19.2 Å². The highest BCUT2D eigenvalue weighted by molar-refractivity contribution is 5.96. The van der Waals surface area contributed by atoms with Crippen molar-refractivity contribution in [2.75, 3.05) is 13.1 Å². The van der Waals surface area contributed by atoms with Crippen LogP contribution in [0.3, 0.4) is 0 Å². The van der Waals surface area contributed by atoms with Gasteiger partial charge in [-0.1, -0.05) is 64.2 Å². The Labute approximate surface area is 216 Å². The molecule has 0 saturated carbocycles. The largest absolute Gasteiger partial charge is 0.370 e. The lowest BCUT2D eigenvalue weighted by molar-refractivity contribution is -0.131. The van der Waals surface area contributed by atoms with E-state index in [-0.39, 0.29) is 5.91 Å². The Morgan fingerprint density at radius 1 is 0.556 bits per heavy atom. The van der Waals surface area contributed by atoms with Crippen LogP contribution in [0.4, 0.5) is 0 Å². The van der Waals surface area contributed by atoms with Gasteiger partial charge in [0, 0.05) is 37.1 Å². The number of hydrogen-bond donors (Lipinski definition) is 3. The molecule has 36 heavy (non-hydrogen) atoms. The van der Waals surface area contributed by atoms with Crippen LogP contribution in [0.1, 0.15) is 123 Å². The lowest BCUT2D eigenvalue weighted by Gasteiger charge is -2.20. The number of nitrogens with zero attached hydrogens (tertiary/aromatic N) is 1. The smallest absolute Gasteiger partial charge is 0.248 e. The first-order valence-corrected chi connectivity index (χ1v) is 13.6. The zero-order valence-corrected chi connectivity index (χ0v) is 21.8. The van der Waals surface area contributed by atoms with E-state index in [9.17, 15) is 19.2 Å². The Bertz CT molecular complexity index is 754. The summed E-state index contributed by atoms with van der Waals surface area (Å²) in [7, 11) is 0. The SMILES string of the molecule is NC(=O)CCCCCCCCCCCCC(=O)N1CCCCCC1.NC(=O)c1ccc(C(N)=O)cc1. The second-order valence-electron chi connectivity index (χ2n) is 9.60. The second kappa shape index (κ2) is 19.3. The molecule has 0 atom stereocenters. The van der Waals surface area contributed by atoms with E-state index in [0.29, 0.717) is 23.5 Å². The van der Waals surface area contributed by atoms with Crippen LogP contribution in [-0.2, 0) is 9.59 Å². The standard InChI is InChI=1S/C20H38N2O2.C8H8N2O2/c21-19(23)15-11-7-5-3-1-2-4-6-8-12-16-20(24)22-17-13-9-10-14-18-22;9-7(11)5-1-2-6(4-3-5)8(10)12/h1-18H2,(H2,21,23);1-4H,(H2,9,11)(H2,10,12). The number of rotatable bonds is 15. The molecule has 1 aromatic rings.